The number of aromatic nitrogens is 2. The fourth-order valence-electron chi connectivity index (χ4n) is 3.03. The van der Waals surface area contributed by atoms with Crippen LogP contribution in [0.2, 0.25) is 0 Å². The fraction of sp³-hybridized carbons (Fsp3) is 0.438. The molecule has 0 bridgehead atoms. The monoisotopic (exact) mass is 255 g/mol. The van der Waals surface area contributed by atoms with Crippen molar-refractivity contribution in [2.24, 2.45) is 5.92 Å². The second-order valence-corrected chi connectivity index (χ2v) is 5.45. The molecule has 100 valence electrons. The molecule has 19 heavy (non-hydrogen) atoms. The summed E-state index contributed by atoms with van der Waals surface area (Å²) >= 11 is 0. The van der Waals surface area contributed by atoms with Crippen molar-refractivity contribution >= 4 is 5.69 Å². The van der Waals surface area contributed by atoms with Gasteiger partial charge in [0.05, 0.1) is 11.4 Å². The highest BCUT2D eigenvalue weighted by Gasteiger charge is 2.21. The molecule has 1 N–H and O–H groups in total. The Morgan fingerprint density at radius 2 is 2.00 bits per heavy atom. The Hall–Kier alpha value is -1.77. The summed E-state index contributed by atoms with van der Waals surface area (Å²) in [5.41, 5.74) is 2.29. The van der Waals surface area contributed by atoms with Crippen LogP contribution in [0.3, 0.4) is 0 Å². The zero-order valence-electron chi connectivity index (χ0n) is 11.4. The molecular formula is C16H21N3. The maximum absolute atomic E-state index is 4.33. The third-order valence-electron chi connectivity index (χ3n) is 4.15. The highest BCUT2D eigenvalue weighted by Crippen LogP contribution is 2.30. The van der Waals surface area contributed by atoms with Crippen LogP contribution in [0, 0.1) is 5.92 Å². The molecule has 1 aromatic heterocycles. The summed E-state index contributed by atoms with van der Waals surface area (Å²) < 4.78 is 1.92. The number of nitrogens with zero attached hydrogens (tertiary/aromatic N) is 2. The fourth-order valence-corrected chi connectivity index (χ4v) is 3.03. The van der Waals surface area contributed by atoms with E-state index < -0.39 is 0 Å². The van der Waals surface area contributed by atoms with E-state index in [1.165, 1.54) is 31.4 Å². The highest BCUT2D eigenvalue weighted by molar-refractivity contribution is 5.61. The van der Waals surface area contributed by atoms with Crippen LogP contribution in [0.15, 0.2) is 42.7 Å². The van der Waals surface area contributed by atoms with Crippen molar-refractivity contribution in [1.29, 1.82) is 0 Å². The molecule has 0 aliphatic heterocycles. The van der Waals surface area contributed by atoms with E-state index >= 15 is 0 Å². The lowest BCUT2D eigenvalue weighted by Gasteiger charge is -2.23. The Labute approximate surface area is 114 Å². The van der Waals surface area contributed by atoms with Crippen molar-refractivity contribution in [2.75, 3.05) is 5.32 Å². The molecule has 1 saturated carbocycles. The van der Waals surface area contributed by atoms with E-state index in [-0.39, 0.29) is 0 Å². The number of para-hydroxylation sites is 2. The third-order valence-corrected chi connectivity index (χ3v) is 4.15. The van der Waals surface area contributed by atoms with Crippen LogP contribution in [0.4, 0.5) is 5.69 Å². The highest BCUT2D eigenvalue weighted by atomic mass is 15.3. The Morgan fingerprint density at radius 1 is 1.21 bits per heavy atom. The second kappa shape index (κ2) is 5.47. The van der Waals surface area contributed by atoms with Crippen LogP contribution < -0.4 is 5.32 Å². The van der Waals surface area contributed by atoms with Crippen molar-refractivity contribution in [3.8, 4) is 5.69 Å². The summed E-state index contributed by atoms with van der Waals surface area (Å²) in [4.78, 5) is 0. The van der Waals surface area contributed by atoms with Gasteiger partial charge in [0, 0.05) is 18.4 Å². The molecular weight excluding hydrogens is 234 g/mol. The van der Waals surface area contributed by atoms with Gasteiger partial charge >= 0.3 is 0 Å². The molecule has 1 aliphatic rings. The van der Waals surface area contributed by atoms with Gasteiger partial charge in [-0.1, -0.05) is 25.0 Å². The van der Waals surface area contributed by atoms with Crippen LogP contribution in [0.5, 0.6) is 0 Å². The van der Waals surface area contributed by atoms with Gasteiger partial charge in [-0.05, 0) is 43.9 Å². The summed E-state index contributed by atoms with van der Waals surface area (Å²) in [6, 6.07) is 10.9. The predicted molar refractivity (Wildman–Crippen MR) is 78.6 cm³/mol. The van der Waals surface area contributed by atoms with Gasteiger partial charge in [0.2, 0.25) is 0 Å². The molecule has 0 saturated heterocycles. The minimum Gasteiger partial charge on any atom is -0.381 e. The summed E-state index contributed by atoms with van der Waals surface area (Å²) in [6.07, 6.45) is 9.29. The van der Waals surface area contributed by atoms with E-state index in [1.807, 2.05) is 23.1 Å². The summed E-state index contributed by atoms with van der Waals surface area (Å²) in [5, 5.41) is 8.01. The van der Waals surface area contributed by atoms with E-state index in [0.717, 1.165) is 11.6 Å². The van der Waals surface area contributed by atoms with Crippen molar-refractivity contribution in [3.63, 3.8) is 0 Å². The van der Waals surface area contributed by atoms with E-state index in [4.69, 9.17) is 0 Å². The molecule has 2 aromatic rings. The third kappa shape index (κ3) is 2.65. The molecule has 1 unspecified atom stereocenters. The smallest absolute Gasteiger partial charge is 0.0876 e. The van der Waals surface area contributed by atoms with Gasteiger partial charge < -0.3 is 5.32 Å². The molecule has 0 spiro atoms. The Kier molecular flexibility index (Phi) is 3.53. The SMILES string of the molecule is CC(Nc1ccccc1-n1cccn1)C1CCCC1. The van der Waals surface area contributed by atoms with Gasteiger partial charge in [0.15, 0.2) is 0 Å². The number of benzene rings is 1. The first kappa shape index (κ1) is 12.3. The first-order valence-electron chi connectivity index (χ1n) is 7.20. The minimum atomic E-state index is 0.527. The number of anilines is 1. The number of rotatable bonds is 4. The van der Waals surface area contributed by atoms with E-state index in [0.29, 0.717) is 6.04 Å². The number of hydrogen-bond acceptors (Lipinski definition) is 2. The van der Waals surface area contributed by atoms with Crippen LogP contribution in [0.1, 0.15) is 32.6 Å². The summed E-state index contributed by atoms with van der Waals surface area (Å²) in [6.45, 7) is 2.30. The van der Waals surface area contributed by atoms with Crippen LogP contribution in [-0.2, 0) is 0 Å². The summed E-state index contributed by atoms with van der Waals surface area (Å²) in [5.74, 6) is 0.811. The molecule has 1 aliphatic carbocycles. The van der Waals surface area contributed by atoms with E-state index in [1.54, 1.807) is 0 Å². The van der Waals surface area contributed by atoms with Crippen molar-refractivity contribution in [1.82, 2.24) is 9.78 Å². The average Bonchev–Trinajstić information content (AvgIpc) is 3.13. The molecule has 3 heteroatoms. The first-order chi connectivity index (χ1) is 9.34. The maximum atomic E-state index is 4.33. The second-order valence-electron chi connectivity index (χ2n) is 5.45. The molecule has 0 amide bonds. The van der Waals surface area contributed by atoms with Gasteiger partial charge in [-0.15, -0.1) is 0 Å². The molecule has 3 rings (SSSR count). The largest absolute Gasteiger partial charge is 0.381 e. The van der Waals surface area contributed by atoms with Crippen LogP contribution in [0.25, 0.3) is 5.69 Å². The molecule has 1 atom stereocenters. The van der Waals surface area contributed by atoms with E-state index in [2.05, 4.69) is 41.6 Å². The lowest BCUT2D eigenvalue weighted by Crippen LogP contribution is -2.24. The normalized spacial score (nSPS) is 17.5. The lowest BCUT2D eigenvalue weighted by atomic mass is 9.99. The number of hydrogen-bond donors (Lipinski definition) is 1. The van der Waals surface area contributed by atoms with Crippen molar-refractivity contribution in [3.05, 3.63) is 42.7 Å². The summed E-state index contributed by atoms with van der Waals surface area (Å²) in [7, 11) is 0. The minimum absolute atomic E-state index is 0.527. The first-order valence-corrected chi connectivity index (χ1v) is 7.20. The average molecular weight is 255 g/mol. The van der Waals surface area contributed by atoms with Gasteiger partial charge in [-0.2, -0.15) is 5.10 Å². The quantitative estimate of drug-likeness (QED) is 0.899. The molecule has 0 radical (unpaired) electrons. The Bertz CT molecular complexity index is 513. The van der Waals surface area contributed by atoms with Crippen LogP contribution in [-0.4, -0.2) is 15.8 Å². The lowest BCUT2D eigenvalue weighted by molar-refractivity contribution is 0.482. The van der Waals surface area contributed by atoms with Gasteiger partial charge in [0.25, 0.3) is 0 Å². The number of nitrogens with one attached hydrogen (secondary N) is 1. The molecule has 1 fully saturated rings. The van der Waals surface area contributed by atoms with Gasteiger partial charge in [-0.25, -0.2) is 4.68 Å². The van der Waals surface area contributed by atoms with Crippen LogP contribution >= 0.6 is 0 Å². The van der Waals surface area contributed by atoms with Crippen molar-refractivity contribution < 1.29 is 0 Å². The predicted octanol–water partition coefficient (Wildman–Crippen LogP) is 3.86. The zero-order chi connectivity index (χ0) is 13.1. The Morgan fingerprint density at radius 3 is 2.74 bits per heavy atom. The van der Waals surface area contributed by atoms with E-state index in [9.17, 15) is 0 Å². The molecule has 3 nitrogen and oxygen atoms in total. The van der Waals surface area contributed by atoms with Gasteiger partial charge in [-0.3, -0.25) is 0 Å². The molecule has 1 aromatic carbocycles. The van der Waals surface area contributed by atoms with Gasteiger partial charge in [0.1, 0.15) is 0 Å². The topological polar surface area (TPSA) is 29.9 Å². The molecule has 1 heterocycles. The Balaban J connectivity index is 1.80. The zero-order valence-corrected chi connectivity index (χ0v) is 11.4. The maximum Gasteiger partial charge on any atom is 0.0876 e. The standard InChI is InChI=1S/C16H21N3/c1-13(14-7-2-3-8-14)18-15-9-4-5-10-16(15)19-12-6-11-17-19/h4-6,9-14,18H,2-3,7-8H2,1H3. The van der Waals surface area contributed by atoms with Crippen molar-refractivity contribution in [2.45, 2.75) is 38.6 Å².